The first kappa shape index (κ1) is 125. The summed E-state index contributed by atoms with van der Waals surface area (Å²) in [6.45, 7) is 41.4. The van der Waals surface area contributed by atoms with Crippen molar-refractivity contribution in [1.29, 1.82) is 5.41 Å². The maximum atomic E-state index is 12.4. The van der Waals surface area contributed by atoms with Crippen LogP contribution in [-0.2, 0) is 38.4 Å². The van der Waals surface area contributed by atoms with Crippen LogP contribution in [0.5, 0.6) is 0 Å². The Kier molecular flexibility index (Phi) is 56.6. The number of aromatic nitrogens is 1. The van der Waals surface area contributed by atoms with Gasteiger partial charge in [-0.05, 0) is 218 Å². The van der Waals surface area contributed by atoms with Crippen LogP contribution in [0.2, 0.25) is 0 Å². The monoisotopic (exact) mass is 2010 g/mol. The number of hydrogen-bond donors (Lipinski definition) is 24. The molecule has 7 aromatic carbocycles. The van der Waals surface area contributed by atoms with E-state index in [-0.39, 0.29) is 140 Å². The molecule has 1 heterocycles. The standard InChI is InChI=1S/2C15H24N4O.4C12H18N4O.C11H17N5OS2.C11H16N4O/c1-9(2)11-6-5-7-12(10(3)4)14(11)19-13(20)8-18-15(16)17;1-5-9(2)13(19-15(16)17)14(20)18-12-10(3)7-6-8-11(12)4;1-7-4-8(2)11(9(3)5-7)16-10(17)6-15-12(13)14;1-8-5-4-6-9(2)11(8)15-10(17)7-16(3)12(13)14;1-7-5-4-6-8(2)10(7)16-11(17)9(3)15-12(13)14;1-8-4-3-5-9(2)11(8)16-10(17)6-7-15-12(13)14;1-6-4-7(18-2)9(10(15-6)19-3)16-8(17)5-14-11(12)13;1-7-4-3-5-8(2)10(7)15-9(16)6-14-11(12)13/h5-7,9-10H,8H2,1-4H3,(H,19,20)(H4,16,17,18);6-9,13H,5H2,1-4H3,(H,18,20)(H4,16,17,19);4-5H,6H2,1-3H3,(H,16,17)(H4,13,14,15);4-6H,7H2,1-3H3,(H3,13,14)(H,15,17);4-6,9H,1-3H3,(H,16,17)(H4,13,14,15);3-5H,6-7H2,1-2H3,(H,16,17)(H4,13,14,15);4H,5H2,1-3H3,(H,16,17)(H4,12,13,14);3-5H,6H2,1-2H3,(H,15,16)(H4,12,13,14)/t;9?,13-;;;9-;;;/m.0..0.../s1. The molecule has 8 aromatic rings. The number of para-hydroxylation sites is 6. The Hall–Kier alpha value is -15.7. The number of hydrogen-bond acceptors (Lipinski definition) is 19. The van der Waals surface area contributed by atoms with E-state index in [0.717, 1.165) is 140 Å². The summed E-state index contributed by atoms with van der Waals surface area (Å²) < 4.78 is 0. The SMILES string of the molecule is CC(C)c1cccc(C(C)C)c1NC(=O)CN=C(N)N.CCC(C)[C@H](N=C(N)N)C(=O)Nc1c(C)cccc1C.CSc1cc(C)nc(SC)c1NC(=O)CN=C(N)N.Cc1cc(C)c(NC(=O)CN=C(N)N)c(C)c1.Cc1cccc(C)c1NC(=O)CCN=C(N)N.Cc1cccc(C)c1NC(=O)CN(C)C(=N)N.Cc1cccc(C)c1NC(=O)CN=C(N)N.Cc1cccc(C)c1NC(=O)[C@H](C)N=C(N)N. The van der Waals surface area contributed by atoms with Crippen molar-refractivity contribution in [3.05, 3.63) is 217 Å². The van der Waals surface area contributed by atoms with Crippen molar-refractivity contribution in [1.82, 2.24) is 9.88 Å². The van der Waals surface area contributed by atoms with E-state index in [0.29, 0.717) is 24.1 Å². The number of rotatable bonds is 31. The summed E-state index contributed by atoms with van der Waals surface area (Å²) in [6.07, 6.45) is 4.95. The highest BCUT2D eigenvalue weighted by atomic mass is 32.2. The third-order valence-corrected chi connectivity index (χ3v) is 22.0. The second-order valence-corrected chi connectivity index (χ2v) is 35.4. The van der Waals surface area contributed by atoms with E-state index < -0.39 is 12.1 Å². The molecule has 3 atom stereocenters. The molecular formula is C100H153N33O8S2. The van der Waals surface area contributed by atoms with Gasteiger partial charge in [0.1, 0.15) is 43.3 Å². The van der Waals surface area contributed by atoms with Crippen LogP contribution in [0.1, 0.15) is 162 Å². The minimum Gasteiger partial charge on any atom is -0.370 e. The first-order valence-electron chi connectivity index (χ1n) is 45.4. The van der Waals surface area contributed by atoms with E-state index in [2.05, 4.69) is 110 Å². The Labute approximate surface area is 849 Å². The van der Waals surface area contributed by atoms with Gasteiger partial charge in [-0.1, -0.05) is 175 Å². The van der Waals surface area contributed by atoms with Crippen LogP contribution in [0.3, 0.4) is 0 Å². The Morgan fingerprint density at radius 3 is 0.951 bits per heavy atom. The van der Waals surface area contributed by atoms with Crippen LogP contribution in [0.25, 0.3) is 0 Å². The summed E-state index contributed by atoms with van der Waals surface area (Å²) in [7, 11) is 1.60. The Morgan fingerprint density at radius 1 is 0.357 bits per heavy atom. The number of carbonyl (C=O) groups is 8. The summed E-state index contributed by atoms with van der Waals surface area (Å²) in [5.74, 6) is -1.53. The van der Waals surface area contributed by atoms with Gasteiger partial charge in [0.25, 0.3) is 0 Å². The lowest BCUT2D eigenvalue weighted by Gasteiger charge is -2.20. The molecule has 0 aliphatic heterocycles. The fourth-order valence-corrected chi connectivity index (χ4v) is 14.3. The van der Waals surface area contributed by atoms with Crippen molar-refractivity contribution >= 4 is 164 Å². The minimum absolute atomic E-state index is 0.00451. The number of carbonyl (C=O) groups excluding carboxylic acids is 8. The van der Waals surface area contributed by atoms with Crippen LogP contribution < -0.4 is 129 Å². The largest absolute Gasteiger partial charge is 0.370 e. The fourth-order valence-electron chi connectivity index (χ4n) is 13.0. The van der Waals surface area contributed by atoms with Crippen LogP contribution in [0, 0.1) is 108 Å². The molecule has 0 spiro atoms. The quantitative estimate of drug-likeness (QED) is 0.0109. The number of amides is 8. The molecule has 0 bridgehead atoms. The highest BCUT2D eigenvalue weighted by molar-refractivity contribution is 7.99. The number of aryl methyl sites for hydroxylation is 14. The Balaban J connectivity index is 0.000000818. The van der Waals surface area contributed by atoms with Gasteiger partial charge < -0.3 is 133 Å². The topological polar surface area (TPSA) is 750 Å². The van der Waals surface area contributed by atoms with Crippen LogP contribution in [0.15, 0.2) is 172 Å². The summed E-state index contributed by atoms with van der Waals surface area (Å²) in [5, 5.41) is 30.7. The lowest BCUT2D eigenvalue weighted by molar-refractivity contribution is -0.118. The Morgan fingerprint density at radius 2 is 0.650 bits per heavy atom. The minimum atomic E-state index is -0.598. The van der Waals surface area contributed by atoms with Gasteiger partial charge in [0, 0.05) is 63.9 Å². The molecule has 0 radical (unpaired) electrons. The highest BCUT2D eigenvalue weighted by Gasteiger charge is 2.26. The van der Waals surface area contributed by atoms with E-state index in [1.807, 2.05) is 251 Å². The third-order valence-electron chi connectivity index (χ3n) is 20.5. The molecule has 41 nitrogen and oxygen atoms in total. The molecule has 0 saturated carbocycles. The number of nitrogens with two attached hydrogens (primary N) is 15. The predicted molar refractivity (Wildman–Crippen MR) is 593 cm³/mol. The molecular weight excluding hydrogens is 1860 g/mol. The third kappa shape index (κ3) is 48.6. The van der Waals surface area contributed by atoms with E-state index in [4.69, 9.17) is 91.4 Å². The maximum Gasteiger partial charge on any atom is 0.249 e. The van der Waals surface area contributed by atoms with E-state index in [1.165, 1.54) is 22.2 Å². The maximum absolute atomic E-state index is 12.4. The zero-order chi connectivity index (χ0) is 109. The van der Waals surface area contributed by atoms with Gasteiger partial charge in [-0.3, -0.25) is 48.8 Å². The number of aliphatic imine (C=N–C) groups is 7. The average Bonchev–Trinajstić information content (AvgIpc) is 0.812. The van der Waals surface area contributed by atoms with Gasteiger partial charge in [-0.25, -0.2) is 34.9 Å². The van der Waals surface area contributed by atoms with Crippen molar-refractivity contribution in [2.75, 3.05) is 101 Å². The number of likely N-dealkylation sites (N-methyl/N-ethyl adjacent to an activating group) is 1. The Bertz CT molecular complexity index is 5650. The molecule has 143 heavy (non-hydrogen) atoms. The fraction of sp³-hybridized carbons (Fsp3) is 0.370. The molecule has 8 rings (SSSR count). The smallest absolute Gasteiger partial charge is 0.249 e. The number of thioether (sulfide) groups is 2. The summed E-state index contributed by atoms with van der Waals surface area (Å²) >= 11 is 3.03. The molecule has 778 valence electrons. The summed E-state index contributed by atoms with van der Waals surface area (Å²) in [6, 6.07) is 40.1. The van der Waals surface area contributed by atoms with Crippen molar-refractivity contribution in [3.63, 3.8) is 0 Å². The van der Waals surface area contributed by atoms with Crippen LogP contribution in [0.4, 0.5) is 45.5 Å². The number of pyridine rings is 1. The van der Waals surface area contributed by atoms with E-state index >= 15 is 0 Å². The molecule has 0 saturated heterocycles. The molecule has 0 fully saturated rings. The van der Waals surface area contributed by atoms with Gasteiger partial charge in [0.05, 0.1) is 18.8 Å². The lowest BCUT2D eigenvalue weighted by Crippen LogP contribution is -2.38. The highest BCUT2D eigenvalue weighted by Crippen LogP contribution is 2.35. The number of nitrogens with zero attached hydrogens (tertiary/aromatic N) is 9. The molecule has 0 aliphatic carbocycles. The van der Waals surface area contributed by atoms with Gasteiger partial charge in [0.2, 0.25) is 47.3 Å². The second kappa shape index (κ2) is 64.5. The van der Waals surface area contributed by atoms with Crippen LogP contribution in [-0.4, -0.2) is 176 Å². The van der Waals surface area contributed by atoms with Crippen LogP contribution >= 0.6 is 23.5 Å². The van der Waals surface area contributed by atoms with E-state index in [9.17, 15) is 38.4 Å². The van der Waals surface area contributed by atoms with E-state index in [1.54, 1.807) is 25.7 Å². The molecule has 0 aliphatic rings. The predicted octanol–water partition coefficient (Wildman–Crippen LogP) is 9.34. The molecule has 39 N–H and O–H groups in total. The first-order chi connectivity index (χ1) is 66.9. The van der Waals surface area contributed by atoms with Gasteiger partial charge in [-0.15, -0.1) is 23.5 Å². The van der Waals surface area contributed by atoms with Crippen molar-refractivity contribution in [2.45, 2.75) is 192 Å². The number of guanidine groups is 8. The van der Waals surface area contributed by atoms with Gasteiger partial charge in [0.15, 0.2) is 47.7 Å². The number of anilines is 8. The van der Waals surface area contributed by atoms with Gasteiger partial charge in [-0.2, -0.15) is 0 Å². The molecule has 8 amide bonds. The lowest BCUT2D eigenvalue weighted by atomic mass is 9.92. The average molecular weight is 2010 g/mol. The number of nitrogens with one attached hydrogen (secondary N) is 9. The van der Waals surface area contributed by atoms with Gasteiger partial charge >= 0.3 is 0 Å². The second-order valence-electron chi connectivity index (χ2n) is 33.7. The van der Waals surface area contributed by atoms with Crippen molar-refractivity contribution < 1.29 is 38.4 Å². The van der Waals surface area contributed by atoms with Crippen molar-refractivity contribution in [2.24, 2.45) is 127 Å². The zero-order valence-corrected chi connectivity index (χ0v) is 88.6. The van der Waals surface area contributed by atoms with Crippen molar-refractivity contribution in [3.8, 4) is 0 Å². The number of benzene rings is 7. The molecule has 1 aromatic heterocycles. The first-order valence-corrected chi connectivity index (χ1v) is 47.9. The molecule has 43 heteroatoms. The molecule has 1 unspecified atom stereocenters. The summed E-state index contributed by atoms with van der Waals surface area (Å²) in [4.78, 5) is 127. The normalized spacial score (nSPS) is 10.7. The summed E-state index contributed by atoms with van der Waals surface area (Å²) in [5.41, 5.74) is 102. The zero-order valence-electron chi connectivity index (χ0n) is 86.9.